The number of carbonyl (C=O) groups excluding carboxylic acids is 2. The molecule has 1 atom stereocenters. The van der Waals surface area contributed by atoms with Crippen LogP contribution >= 0.6 is 0 Å². The number of nitrogens with one attached hydrogen (secondary N) is 2. The molecule has 8 heteroatoms. The van der Waals surface area contributed by atoms with Gasteiger partial charge in [-0.15, -0.1) is 0 Å². The molecule has 8 nitrogen and oxygen atoms in total. The molecular formula is C31H31N3O5. The number of methoxy groups -OCH3 is 1. The van der Waals surface area contributed by atoms with Crippen molar-refractivity contribution in [1.29, 1.82) is 0 Å². The minimum atomic E-state index is -0.983. The van der Waals surface area contributed by atoms with Crippen LogP contribution in [0.1, 0.15) is 46.8 Å². The number of amides is 3. The summed E-state index contributed by atoms with van der Waals surface area (Å²) in [6.45, 7) is 2.66. The van der Waals surface area contributed by atoms with Gasteiger partial charge in [0.25, 0.3) is 0 Å². The number of hydrogen-bond acceptors (Lipinski definition) is 4. The normalized spacial score (nSPS) is 14.2. The molecule has 0 bridgehead atoms. The molecule has 0 aromatic heterocycles. The topological polar surface area (TPSA) is 108 Å². The number of likely N-dealkylation sites (tertiary alicyclic amines) is 1. The first-order valence-corrected chi connectivity index (χ1v) is 12.8. The number of carboxylic acid groups (broad SMARTS) is 1. The Kier molecular flexibility index (Phi) is 8.85. The van der Waals surface area contributed by atoms with Crippen molar-refractivity contribution < 1.29 is 24.2 Å². The zero-order chi connectivity index (χ0) is 27.8. The minimum absolute atomic E-state index is 0.0373. The number of anilines is 2. The van der Waals surface area contributed by atoms with E-state index in [2.05, 4.69) is 22.5 Å². The van der Waals surface area contributed by atoms with Crippen LogP contribution in [-0.2, 0) is 17.6 Å². The van der Waals surface area contributed by atoms with E-state index in [0.717, 1.165) is 36.1 Å². The summed E-state index contributed by atoms with van der Waals surface area (Å²) in [7, 11) is 1.52. The van der Waals surface area contributed by atoms with E-state index in [-0.39, 0.29) is 30.0 Å². The van der Waals surface area contributed by atoms with Crippen molar-refractivity contribution in [3.05, 3.63) is 89.0 Å². The van der Waals surface area contributed by atoms with Gasteiger partial charge in [0, 0.05) is 17.8 Å². The van der Waals surface area contributed by atoms with E-state index in [1.165, 1.54) is 19.2 Å². The van der Waals surface area contributed by atoms with Crippen molar-refractivity contribution in [3.63, 3.8) is 0 Å². The number of carboxylic acids is 1. The van der Waals surface area contributed by atoms with Gasteiger partial charge in [0.2, 0.25) is 5.91 Å². The first-order chi connectivity index (χ1) is 18.9. The molecule has 4 rings (SSSR count). The van der Waals surface area contributed by atoms with Crippen molar-refractivity contribution in [1.82, 2.24) is 4.90 Å². The lowest BCUT2D eigenvalue weighted by atomic mass is 10.1. The SMILES string of the molecule is CCc1ccccc1NC(=O)Nc1ccc(CC(=O)N2CCCC2C#Cc2ccc(C(=O)O)cc2)cc1OC. The monoisotopic (exact) mass is 525 g/mol. The first-order valence-electron chi connectivity index (χ1n) is 12.8. The largest absolute Gasteiger partial charge is 0.495 e. The van der Waals surface area contributed by atoms with E-state index >= 15 is 0 Å². The van der Waals surface area contributed by atoms with Gasteiger partial charge in [-0.1, -0.05) is 43.0 Å². The van der Waals surface area contributed by atoms with Gasteiger partial charge < -0.3 is 25.4 Å². The molecule has 0 aliphatic carbocycles. The molecule has 0 spiro atoms. The van der Waals surface area contributed by atoms with Crippen molar-refractivity contribution >= 4 is 29.3 Å². The zero-order valence-electron chi connectivity index (χ0n) is 22.0. The number of urea groups is 1. The van der Waals surface area contributed by atoms with Gasteiger partial charge in [-0.3, -0.25) is 4.79 Å². The van der Waals surface area contributed by atoms with Crippen LogP contribution in [0.2, 0.25) is 0 Å². The van der Waals surface area contributed by atoms with Crippen molar-refractivity contribution in [2.45, 2.75) is 38.6 Å². The van der Waals surface area contributed by atoms with Gasteiger partial charge >= 0.3 is 12.0 Å². The minimum Gasteiger partial charge on any atom is -0.495 e. The molecule has 0 radical (unpaired) electrons. The lowest BCUT2D eigenvalue weighted by Gasteiger charge is -2.21. The summed E-state index contributed by atoms with van der Waals surface area (Å²) in [5.41, 5.74) is 3.96. The maximum absolute atomic E-state index is 13.2. The van der Waals surface area contributed by atoms with Gasteiger partial charge in [-0.25, -0.2) is 9.59 Å². The Morgan fingerprint density at radius 1 is 1.03 bits per heavy atom. The van der Waals surface area contributed by atoms with E-state index in [0.29, 0.717) is 23.5 Å². The third-order valence-electron chi connectivity index (χ3n) is 6.60. The zero-order valence-corrected chi connectivity index (χ0v) is 22.0. The molecule has 0 saturated carbocycles. The molecule has 1 fully saturated rings. The fraction of sp³-hybridized carbons (Fsp3) is 0.258. The molecule has 39 heavy (non-hydrogen) atoms. The van der Waals surface area contributed by atoms with Crippen LogP contribution in [0, 0.1) is 11.8 Å². The molecule has 3 amide bonds. The van der Waals surface area contributed by atoms with E-state index in [4.69, 9.17) is 9.84 Å². The van der Waals surface area contributed by atoms with Crippen LogP contribution < -0.4 is 15.4 Å². The van der Waals surface area contributed by atoms with E-state index in [9.17, 15) is 14.4 Å². The second kappa shape index (κ2) is 12.7. The molecule has 1 unspecified atom stereocenters. The summed E-state index contributed by atoms with van der Waals surface area (Å²) in [6, 6.07) is 18.7. The summed E-state index contributed by atoms with van der Waals surface area (Å²) in [5, 5.41) is 14.7. The number of aryl methyl sites for hydroxylation is 1. The quantitative estimate of drug-likeness (QED) is 0.368. The van der Waals surface area contributed by atoms with Crippen LogP contribution in [-0.4, -0.2) is 47.6 Å². The van der Waals surface area contributed by atoms with Crippen LogP contribution in [0.5, 0.6) is 5.75 Å². The predicted molar refractivity (Wildman–Crippen MR) is 150 cm³/mol. The van der Waals surface area contributed by atoms with Gasteiger partial charge in [0.1, 0.15) is 5.75 Å². The summed E-state index contributed by atoms with van der Waals surface area (Å²) in [6.07, 6.45) is 2.63. The molecule has 1 aliphatic rings. The van der Waals surface area contributed by atoms with Crippen LogP contribution in [0.25, 0.3) is 0 Å². The summed E-state index contributed by atoms with van der Waals surface area (Å²) >= 11 is 0. The second-order valence-electron chi connectivity index (χ2n) is 9.20. The number of carbonyl (C=O) groups is 3. The second-order valence-corrected chi connectivity index (χ2v) is 9.20. The lowest BCUT2D eigenvalue weighted by molar-refractivity contribution is -0.130. The van der Waals surface area contributed by atoms with Crippen LogP contribution in [0.4, 0.5) is 16.2 Å². The highest BCUT2D eigenvalue weighted by Gasteiger charge is 2.27. The van der Waals surface area contributed by atoms with E-state index in [1.54, 1.807) is 35.2 Å². The number of nitrogens with zero attached hydrogens (tertiary/aromatic N) is 1. The Morgan fingerprint density at radius 2 is 1.77 bits per heavy atom. The average molecular weight is 526 g/mol. The number of para-hydroxylation sites is 1. The maximum Gasteiger partial charge on any atom is 0.335 e. The molecule has 3 aromatic rings. The first kappa shape index (κ1) is 27.3. The summed E-state index contributed by atoms with van der Waals surface area (Å²) in [5.74, 6) is 5.68. The fourth-order valence-corrected chi connectivity index (χ4v) is 4.53. The highest BCUT2D eigenvalue weighted by molar-refractivity contribution is 6.01. The van der Waals surface area contributed by atoms with Crippen molar-refractivity contribution in [2.75, 3.05) is 24.3 Å². The highest BCUT2D eigenvalue weighted by Crippen LogP contribution is 2.27. The molecule has 3 N–H and O–H groups in total. The number of benzene rings is 3. The average Bonchev–Trinajstić information content (AvgIpc) is 3.42. The summed E-state index contributed by atoms with van der Waals surface area (Å²) in [4.78, 5) is 38.6. The number of rotatable bonds is 7. The van der Waals surface area contributed by atoms with Gasteiger partial charge in [-0.05, 0) is 72.9 Å². The number of ether oxygens (including phenoxy) is 1. The molecule has 3 aromatic carbocycles. The number of aromatic carboxylic acids is 1. The standard InChI is InChI=1S/C31H31N3O5/c1-3-23-7-4-5-9-26(23)32-31(38)33-27-17-13-22(19-28(27)39-2)20-29(35)34-18-6-8-25(34)16-12-21-10-14-24(15-11-21)30(36)37/h4-5,7,9-11,13-15,17,19,25H,3,6,8,18,20H2,1-2H3,(H,36,37)(H2,32,33,38). The maximum atomic E-state index is 13.2. The Balaban J connectivity index is 1.39. The lowest BCUT2D eigenvalue weighted by Crippen LogP contribution is -2.35. The predicted octanol–water partition coefficient (Wildman–Crippen LogP) is 5.19. The summed E-state index contributed by atoms with van der Waals surface area (Å²) < 4.78 is 5.49. The van der Waals surface area contributed by atoms with Crippen molar-refractivity contribution in [2.24, 2.45) is 0 Å². The molecule has 200 valence electrons. The molecule has 1 saturated heterocycles. The molecule has 1 aliphatic heterocycles. The van der Waals surface area contributed by atoms with Gasteiger partial charge in [0.05, 0.1) is 30.8 Å². The third kappa shape index (κ3) is 6.96. The highest BCUT2D eigenvalue weighted by atomic mass is 16.5. The Bertz CT molecular complexity index is 1420. The van der Waals surface area contributed by atoms with Crippen LogP contribution in [0.15, 0.2) is 66.7 Å². The Labute approximate surface area is 228 Å². The van der Waals surface area contributed by atoms with Gasteiger partial charge in [0.15, 0.2) is 0 Å². The molecular weight excluding hydrogens is 494 g/mol. The van der Waals surface area contributed by atoms with Gasteiger partial charge in [-0.2, -0.15) is 0 Å². The smallest absolute Gasteiger partial charge is 0.335 e. The fourth-order valence-electron chi connectivity index (χ4n) is 4.53. The Hall–Kier alpha value is -4.77. The van der Waals surface area contributed by atoms with E-state index < -0.39 is 5.97 Å². The van der Waals surface area contributed by atoms with E-state index in [1.807, 2.05) is 31.2 Å². The van der Waals surface area contributed by atoms with Crippen molar-refractivity contribution in [3.8, 4) is 17.6 Å². The van der Waals surface area contributed by atoms with Crippen LogP contribution in [0.3, 0.4) is 0 Å². The third-order valence-corrected chi connectivity index (χ3v) is 6.60. The molecule has 1 heterocycles. The number of hydrogen-bond donors (Lipinski definition) is 3. The Morgan fingerprint density at radius 3 is 2.49 bits per heavy atom.